The Labute approximate surface area is 108 Å². The first-order chi connectivity index (χ1) is 7.85. The Morgan fingerprint density at radius 1 is 1.24 bits per heavy atom. The molecule has 2 saturated carbocycles. The highest BCUT2D eigenvalue weighted by Crippen LogP contribution is 2.65. The van der Waals surface area contributed by atoms with Crippen molar-refractivity contribution in [3.63, 3.8) is 0 Å². The maximum atomic E-state index is 3.71. The van der Waals surface area contributed by atoms with Crippen LogP contribution in [0.3, 0.4) is 0 Å². The van der Waals surface area contributed by atoms with Crippen LogP contribution in [0.15, 0.2) is 0 Å². The fourth-order valence-electron chi connectivity index (χ4n) is 4.15. The van der Waals surface area contributed by atoms with E-state index in [4.69, 9.17) is 0 Å². The van der Waals surface area contributed by atoms with E-state index in [1.54, 1.807) is 0 Å². The van der Waals surface area contributed by atoms with E-state index in [9.17, 15) is 0 Å². The lowest BCUT2D eigenvalue weighted by Crippen LogP contribution is -2.39. The zero-order chi connectivity index (χ0) is 12.7. The predicted octanol–water partition coefficient (Wildman–Crippen LogP) is 4.23. The molecule has 0 aromatic carbocycles. The topological polar surface area (TPSA) is 12.0 Å². The first-order valence-electron chi connectivity index (χ1n) is 7.60. The standard InChI is InChI=1S/C16H31N/c1-12(2)14-8-6-7-9-16(14)10-13(16)11-17-15(3,4)5/h12-14,17H,6-11H2,1-5H3. The van der Waals surface area contributed by atoms with Crippen molar-refractivity contribution in [3.05, 3.63) is 0 Å². The van der Waals surface area contributed by atoms with Crippen LogP contribution in [0, 0.1) is 23.2 Å². The number of nitrogens with one attached hydrogen (secondary N) is 1. The SMILES string of the molecule is CC(C)C1CCCCC12CC2CNC(C)(C)C. The Balaban J connectivity index is 1.92. The average Bonchev–Trinajstić information content (AvgIpc) is 2.88. The molecule has 2 aliphatic carbocycles. The van der Waals surface area contributed by atoms with Gasteiger partial charge in [-0.05, 0) is 69.7 Å². The second-order valence-corrected chi connectivity index (χ2v) is 7.86. The summed E-state index contributed by atoms with van der Waals surface area (Å²) in [5, 5.41) is 3.71. The molecule has 0 radical (unpaired) electrons. The highest BCUT2D eigenvalue weighted by Gasteiger charge is 2.58. The third-order valence-electron chi connectivity index (χ3n) is 5.11. The Kier molecular flexibility index (Phi) is 3.60. The van der Waals surface area contributed by atoms with Gasteiger partial charge in [-0.1, -0.05) is 26.7 Å². The number of hydrogen-bond acceptors (Lipinski definition) is 1. The molecule has 0 saturated heterocycles. The van der Waals surface area contributed by atoms with Gasteiger partial charge in [-0.2, -0.15) is 0 Å². The smallest absolute Gasteiger partial charge is 0.00966 e. The van der Waals surface area contributed by atoms with Crippen molar-refractivity contribution >= 4 is 0 Å². The molecule has 0 amide bonds. The van der Waals surface area contributed by atoms with E-state index in [-0.39, 0.29) is 5.54 Å². The molecule has 0 aromatic rings. The molecule has 17 heavy (non-hydrogen) atoms. The molecule has 0 bridgehead atoms. The molecule has 0 heterocycles. The minimum Gasteiger partial charge on any atom is -0.312 e. The lowest BCUT2D eigenvalue weighted by molar-refractivity contribution is 0.140. The van der Waals surface area contributed by atoms with Crippen LogP contribution in [-0.2, 0) is 0 Å². The van der Waals surface area contributed by atoms with Crippen molar-refractivity contribution in [2.45, 2.75) is 72.3 Å². The third-order valence-corrected chi connectivity index (χ3v) is 5.11. The maximum Gasteiger partial charge on any atom is 0.00966 e. The first-order valence-corrected chi connectivity index (χ1v) is 7.60. The second kappa shape index (κ2) is 4.57. The van der Waals surface area contributed by atoms with Crippen LogP contribution < -0.4 is 5.32 Å². The molecule has 1 N–H and O–H groups in total. The molecule has 3 atom stereocenters. The first kappa shape index (κ1) is 13.4. The molecule has 1 spiro atoms. The van der Waals surface area contributed by atoms with E-state index in [2.05, 4.69) is 39.9 Å². The quantitative estimate of drug-likeness (QED) is 0.774. The molecule has 3 unspecified atom stereocenters. The van der Waals surface area contributed by atoms with Gasteiger partial charge < -0.3 is 5.32 Å². The highest BCUT2D eigenvalue weighted by atomic mass is 15.0. The van der Waals surface area contributed by atoms with Crippen LogP contribution in [0.25, 0.3) is 0 Å². The monoisotopic (exact) mass is 237 g/mol. The van der Waals surface area contributed by atoms with Gasteiger partial charge in [0.2, 0.25) is 0 Å². The van der Waals surface area contributed by atoms with Gasteiger partial charge >= 0.3 is 0 Å². The summed E-state index contributed by atoms with van der Waals surface area (Å²) in [5.74, 6) is 2.85. The van der Waals surface area contributed by atoms with Crippen molar-refractivity contribution in [3.8, 4) is 0 Å². The molecule has 0 aliphatic heterocycles. The summed E-state index contributed by atoms with van der Waals surface area (Å²) in [5.41, 5.74) is 1.02. The summed E-state index contributed by atoms with van der Waals surface area (Å²) in [6.07, 6.45) is 7.45. The lowest BCUT2D eigenvalue weighted by Gasteiger charge is -2.36. The maximum absolute atomic E-state index is 3.71. The van der Waals surface area contributed by atoms with Gasteiger partial charge in [0.05, 0.1) is 0 Å². The summed E-state index contributed by atoms with van der Waals surface area (Å²) < 4.78 is 0. The van der Waals surface area contributed by atoms with Crippen molar-refractivity contribution < 1.29 is 0 Å². The summed E-state index contributed by atoms with van der Waals surface area (Å²) in [7, 11) is 0. The molecule has 1 nitrogen and oxygen atoms in total. The molecule has 2 rings (SSSR count). The van der Waals surface area contributed by atoms with Crippen molar-refractivity contribution in [1.82, 2.24) is 5.32 Å². The van der Waals surface area contributed by atoms with Crippen LogP contribution in [0.2, 0.25) is 0 Å². The second-order valence-electron chi connectivity index (χ2n) is 7.86. The van der Waals surface area contributed by atoms with Gasteiger partial charge in [0.25, 0.3) is 0 Å². The summed E-state index contributed by atoms with van der Waals surface area (Å²) in [6, 6.07) is 0. The predicted molar refractivity (Wildman–Crippen MR) is 75.1 cm³/mol. The van der Waals surface area contributed by atoms with Crippen LogP contribution in [0.4, 0.5) is 0 Å². The van der Waals surface area contributed by atoms with Crippen molar-refractivity contribution in [2.75, 3.05) is 6.54 Å². The zero-order valence-electron chi connectivity index (χ0n) is 12.5. The van der Waals surface area contributed by atoms with Gasteiger partial charge in [-0.25, -0.2) is 0 Å². The normalized spacial score (nSPS) is 37.8. The van der Waals surface area contributed by atoms with Crippen molar-refractivity contribution in [2.24, 2.45) is 23.2 Å². The van der Waals surface area contributed by atoms with Gasteiger partial charge in [0.1, 0.15) is 0 Å². The zero-order valence-corrected chi connectivity index (χ0v) is 12.5. The van der Waals surface area contributed by atoms with Gasteiger partial charge in [-0.3, -0.25) is 0 Å². The van der Waals surface area contributed by atoms with E-state index in [0.29, 0.717) is 0 Å². The van der Waals surface area contributed by atoms with E-state index in [1.807, 2.05) is 0 Å². The largest absolute Gasteiger partial charge is 0.312 e. The highest BCUT2D eigenvalue weighted by molar-refractivity contribution is 5.09. The van der Waals surface area contributed by atoms with Gasteiger partial charge in [0, 0.05) is 5.54 Å². The lowest BCUT2D eigenvalue weighted by atomic mass is 9.69. The van der Waals surface area contributed by atoms with E-state index in [0.717, 1.165) is 23.2 Å². The molecule has 0 aromatic heterocycles. The molecule has 100 valence electrons. The fourth-order valence-corrected chi connectivity index (χ4v) is 4.15. The minimum atomic E-state index is 0.284. The van der Waals surface area contributed by atoms with E-state index >= 15 is 0 Å². The Morgan fingerprint density at radius 2 is 1.94 bits per heavy atom. The molecule has 2 aliphatic rings. The van der Waals surface area contributed by atoms with Crippen LogP contribution in [0.5, 0.6) is 0 Å². The van der Waals surface area contributed by atoms with E-state index in [1.165, 1.54) is 38.6 Å². The average molecular weight is 237 g/mol. The van der Waals surface area contributed by atoms with Crippen LogP contribution >= 0.6 is 0 Å². The Hall–Kier alpha value is -0.0400. The summed E-state index contributed by atoms with van der Waals surface area (Å²) in [4.78, 5) is 0. The van der Waals surface area contributed by atoms with Crippen LogP contribution in [-0.4, -0.2) is 12.1 Å². The van der Waals surface area contributed by atoms with Crippen LogP contribution in [0.1, 0.15) is 66.7 Å². The molecular formula is C16H31N. The number of rotatable bonds is 3. The number of hydrogen-bond donors (Lipinski definition) is 1. The Morgan fingerprint density at radius 3 is 2.53 bits per heavy atom. The van der Waals surface area contributed by atoms with Gasteiger partial charge in [0.15, 0.2) is 0 Å². The van der Waals surface area contributed by atoms with Gasteiger partial charge in [-0.15, -0.1) is 0 Å². The molecular weight excluding hydrogens is 206 g/mol. The molecule has 1 heteroatoms. The minimum absolute atomic E-state index is 0.284. The molecule has 2 fully saturated rings. The van der Waals surface area contributed by atoms with Crippen molar-refractivity contribution in [1.29, 1.82) is 0 Å². The van der Waals surface area contributed by atoms with E-state index < -0.39 is 0 Å². The summed E-state index contributed by atoms with van der Waals surface area (Å²) in [6.45, 7) is 13.0. The fraction of sp³-hybridized carbons (Fsp3) is 1.00. The summed E-state index contributed by atoms with van der Waals surface area (Å²) >= 11 is 0. The Bertz CT molecular complexity index is 263. The third kappa shape index (κ3) is 2.86.